The summed E-state index contributed by atoms with van der Waals surface area (Å²) in [4.78, 5) is 11.1. The largest absolute Gasteiger partial charge is 0.412 e. The molecule has 24 heavy (non-hydrogen) atoms. The molecule has 0 radical (unpaired) electrons. The molecule has 0 aromatic carbocycles. The summed E-state index contributed by atoms with van der Waals surface area (Å²) in [5.74, 6) is -0.466. The molecule has 1 aliphatic rings. The highest BCUT2D eigenvalue weighted by molar-refractivity contribution is 5.73. The first kappa shape index (κ1) is 23.1. The summed E-state index contributed by atoms with van der Waals surface area (Å²) in [5.41, 5.74) is 0. The molecule has 8 atom stereocenters. The number of carbonyl (C=O) groups is 1. The van der Waals surface area contributed by atoms with Crippen LogP contribution in [0.15, 0.2) is 0 Å². The molecule has 9 N–H and O–H groups in total. The Balaban J connectivity index is 0.00000529. The summed E-state index contributed by atoms with van der Waals surface area (Å²) >= 11 is 0. The van der Waals surface area contributed by atoms with E-state index in [1.807, 2.05) is 0 Å². The minimum Gasteiger partial charge on any atom is -0.412 e. The van der Waals surface area contributed by atoms with Gasteiger partial charge in [0.2, 0.25) is 5.91 Å². The molecule has 0 saturated carbocycles. The van der Waals surface area contributed by atoms with Crippen LogP contribution in [0.4, 0.5) is 0 Å². The van der Waals surface area contributed by atoms with E-state index in [0.29, 0.717) is 0 Å². The maximum Gasteiger partial charge on any atom is 0.217 e. The summed E-state index contributed by atoms with van der Waals surface area (Å²) in [6, 6.07) is -0.986. The number of carbonyl (C=O) groups excluding carboxylic acids is 1. The maximum atomic E-state index is 11.1. The normalized spacial score (nSPS) is 33.9. The lowest BCUT2D eigenvalue weighted by molar-refractivity contribution is -0.303. The first-order valence-corrected chi connectivity index (χ1v) is 7.24. The Morgan fingerprint density at radius 3 is 2.25 bits per heavy atom. The van der Waals surface area contributed by atoms with E-state index in [0.717, 1.165) is 0 Å². The molecule has 1 saturated heterocycles. The highest BCUT2D eigenvalue weighted by Crippen LogP contribution is 2.22. The van der Waals surface area contributed by atoms with Crippen LogP contribution < -0.4 is 5.32 Å². The molecule has 11 nitrogen and oxygen atoms in total. The van der Waals surface area contributed by atoms with Crippen molar-refractivity contribution in [3.05, 3.63) is 0 Å². The molecule has 1 rings (SSSR count). The van der Waals surface area contributed by atoms with Crippen LogP contribution in [0.1, 0.15) is 13.8 Å². The van der Waals surface area contributed by atoms with Crippen molar-refractivity contribution in [2.75, 3.05) is 13.2 Å². The van der Waals surface area contributed by atoms with Gasteiger partial charge in [-0.05, 0) is 6.92 Å². The fourth-order valence-corrected chi connectivity index (χ4v) is 2.23. The predicted octanol–water partition coefficient (Wildman–Crippen LogP) is -4.78. The van der Waals surface area contributed by atoms with Crippen LogP contribution in [0, 0.1) is 0 Å². The summed E-state index contributed by atoms with van der Waals surface area (Å²) in [6.07, 6.45) is -9.68. The Bertz CT molecular complexity index is 380. The second-order valence-corrected chi connectivity index (χ2v) is 5.57. The van der Waals surface area contributed by atoms with Crippen LogP contribution in [0.25, 0.3) is 0 Å². The number of amides is 1. The summed E-state index contributed by atoms with van der Waals surface area (Å²) in [5, 5.41) is 59.8. The van der Waals surface area contributed by atoms with E-state index in [4.69, 9.17) is 14.6 Å². The Labute approximate surface area is 138 Å². The van der Waals surface area contributed by atoms with Gasteiger partial charge in [0.15, 0.2) is 6.29 Å². The van der Waals surface area contributed by atoms with Gasteiger partial charge in [-0.25, -0.2) is 0 Å². The van der Waals surface area contributed by atoms with Crippen molar-refractivity contribution < 1.29 is 50.4 Å². The van der Waals surface area contributed by atoms with Gasteiger partial charge in [0.1, 0.15) is 30.5 Å². The van der Waals surface area contributed by atoms with Crippen molar-refractivity contribution in [1.29, 1.82) is 0 Å². The SMILES string of the molecule is CC(=O)N[C@@H](COC1OC(CO)C(O)C(O)C1O)[C@H](O)[C@@H](C)O.O. The number of nitrogens with one attached hydrogen (secondary N) is 1. The van der Waals surface area contributed by atoms with Gasteiger partial charge in [0.05, 0.1) is 25.4 Å². The van der Waals surface area contributed by atoms with Crippen molar-refractivity contribution in [2.45, 2.75) is 62.8 Å². The van der Waals surface area contributed by atoms with Crippen molar-refractivity contribution >= 4 is 5.91 Å². The molecule has 1 fully saturated rings. The number of aliphatic hydroxyl groups excluding tert-OH is 6. The van der Waals surface area contributed by atoms with Crippen LogP contribution in [-0.4, -0.2) is 104 Å². The van der Waals surface area contributed by atoms with Gasteiger partial charge in [-0.3, -0.25) is 4.79 Å². The van der Waals surface area contributed by atoms with Gasteiger partial charge in [-0.15, -0.1) is 0 Å². The van der Waals surface area contributed by atoms with E-state index in [-0.39, 0.29) is 12.1 Å². The number of aliphatic hydroxyl groups is 6. The van der Waals surface area contributed by atoms with Gasteiger partial charge in [0, 0.05) is 6.92 Å². The number of hydrogen-bond acceptors (Lipinski definition) is 9. The highest BCUT2D eigenvalue weighted by atomic mass is 16.7. The fraction of sp³-hybridized carbons (Fsp3) is 0.923. The molecular formula is C13H27NO10. The van der Waals surface area contributed by atoms with E-state index < -0.39 is 61.5 Å². The lowest BCUT2D eigenvalue weighted by Gasteiger charge is -2.40. The van der Waals surface area contributed by atoms with E-state index in [1.165, 1.54) is 13.8 Å². The minimum absolute atomic E-state index is 0. The zero-order valence-corrected chi connectivity index (χ0v) is 13.4. The highest BCUT2D eigenvalue weighted by Gasteiger charge is 2.44. The fourth-order valence-electron chi connectivity index (χ4n) is 2.23. The number of rotatable bonds is 7. The Kier molecular flexibility index (Phi) is 9.80. The molecule has 1 heterocycles. The lowest BCUT2D eigenvalue weighted by Crippen LogP contribution is -2.60. The van der Waals surface area contributed by atoms with Crippen molar-refractivity contribution in [2.24, 2.45) is 0 Å². The zero-order chi connectivity index (χ0) is 17.7. The van der Waals surface area contributed by atoms with Crippen LogP contribution in [0.5, 0.6) is 0 Å². The first-order valence-electron chi connectivity index (χ1n) is 7.24. The Hall–Kier alpha value is -0.890. The number of hydrogen-bond donors (Lipinski definition) is 7. The van der Waals surface area contributed by atoms with Gasteiger partial charge in [-0.2, -0.15) is 0 Å². The van der Waals surface area contributed by atoms with Gasteiger partial charge in [0.25, 0.3) is 0 Å². The quantitative estimate of drug-likeness (QED) is 0.233. The van der Waals surface area contributed by atoms with Crippen LogP contribution in [-0.2, 0) is 14.3 Å². The second kappa shape index (κ2) is 10.2. The van der Waals surface area contributed by atoms with Gasteiger partial charge in [-0.1, -0.05) is 0 Å². The van der Waals surface area contributed by atoms with Crippen LogP contribution >= 0.6 is 0 Å². The summed E-state index contributed by atoms with van der Waals surface area (Å²) in [7, 11) is 0. The molecule has 0 aromatic rings. The molecular weight excluding hydrogens is 330 g/mol. The third-order valence-corrected chi connectivity index (χ3v) is 3.58. The van der Waals surface area contributed by atoms with Crippen LogP contribution in [0.3, 0.4) is 0 Å². The first-order chi connectivity index (χ1) is 10.7. The lowest BCUT2D eigenvalue weighted by atomic mass is 9.99. The molecule has 0 bridgehead atoms. The molecule has 0 aromatic heterocycles. The van der Waals surface area contributed by atoms with E-state index in [2.05, 4.69) is 5.32 Å². The summed E-state index contributed by atoms with van der Waals surface area (Å²) in [6.45, 7) is 1.60. The van der Waals surface area contributed by atoms with Crippen molar-refractivity contribution in [1.82, 2.24) is 5.32 Å². The topological polar surface area (TPSA) is 200 Å². The van der Waals surface area contributed by atoms with Crippen molar-refractivity contribution in [3.63, 3.8) is 0 Å². The molecule has 1 amide bonds. The second-order valence-electron chi connectivity index (χ2n) is 5.57. The van der Waals surface area contributed by atoms with E-state index in [1.54, 1.807) is 0 Å². The molecule has 11 heteroatoms. The van der Waals surface area contributed by atoms with Gasteiger partial charge >= 0.3 is 0 Å². The average Bonchev–Trinajstić information content (AvgIpc) is 2.49. The predicted molar refractivity (Wildman–Crippen MR) is 78.6 cm³/mol. The van der Waals surface area contributed by atoms with Crippen LogP contribution in [0.2, 0.25) is 0 Å². The molecule has 5 unspecified atom stereocenters. The smallest absolute Gasteiger partial charge is 0.217 e. The number of ether oxygens (including phenoxy) is 2. The molecule has 144 valence electrons. The Morgan fingerprint density at radius 2 is 1.79 bits per heavy atom. The molecule has 0 spiro atoms. The van der Waals surface area contributed by atoms with Crippen molar-refractivity contribution in [3.8, 4) is 0 Å². The zero-order valence-electron chi connectivity index (χ0n) is 13.4. The monoisotopic (exact) mass is 357 g/mol. The summed E-state index contributed by atoms with van der Waals surface area (Å²) < 4.78 is 10.4. The average molecular weight is 357 g/mol. The van der Waals surface area contributed by atoms with Gasteiger partial charge < -0.3 is 50.9 Å². The van der Waals surface area contributed by atoms with E-state index >= 15 is 0 Å². The maximum absolute atomic E-state index is 11.1. The molecule has 1 aliphatic heterocycles. The van der Waals surface area contributed by atoms with E-state index in [9.17, 15) is 30.3 Å². The molecule has 0 aliphatic carbocycles. The Morgan fingerprint density at radius 1 is 1.21 bits per heavy atom. The minimum atomic E-state index is -1.59. The standard InChI is InChI=1S/C13H25NO9.H2O/c1-5(16)9(18)7(14-6(2)17)4-22-13-12(21)11(20)10(19)8(3-15)23-13;/h5,7-13,15-16,18-21H,3-4H2,1-2H3,(H,14,17);1H2/t5-,7+,8?,9-,10?,11?,12?,13?;/m1./s1. The third-order valence-electron chi connectivity index (χ3n) is 3.58. The third kappa shape index (κ3) is 5.88.